The van der Waals surface area contributed by atoms with Gasteiger partial charge in [-0.15, -0.1) is 0 Å². The molecule has 0 radical (unpaired) electrons. The molecule has 0 spiro atoms. The smallest absolute Gasteiger partial charge is 0.422 e. The van der Waals surface area contributed by atoms with Crippen molar-refractivity contribution in [3.63, 3.8) is 0 Å². The average molecular weight is 473 g/mol. The summed E-state index contributed by atoms with van der Waals surface area (Å²) in [6.07, 6.45) is 0. The molecular weight excluding hydrogens is 457 g/mol. The fraction of sp³-hybridized carbons (Fsp3) is 0.0526. The molecule has 0 aliphatic carbocycles. The van der Waals surface area contributed by atoms with Crippen molar-refractivity contribution in [2.24, 2.45) is 0 Å². The molecule has 0 heterocycles. The quantitative estimate of drug-likeness (QED) is 0.290. The normalized spacial score (nSPS) is 13.9. The molecule has 0 saturated heterocycles. The molecule has 0 aliphatic rings. The van der Waals surface area contributed by atoms with Gasteiger partial charge < -0.3 is 18.5 Å². The zero-order chi connectivity index (χ0) is 21.0. The van der Waals surface area contributed by atoms with Gasteiger partial charge in [0.15, 0.2) is 0 Å². The molecule has 3 aromatic carbocycles. The monoisotopic (exact) mass is 472 g/mol. The van der Waals surface area contributed by atoms with Gasteiger partial charge in [0.25, 0.3) is 0 Å². The minimum absolute atomic E-state index is 0.00924. The van der Waals surface area contributed by atoms with Crippen molar-refractivity contribution in [2.75, 3.05) is 0 Å². The first-order chi connectivity index (χ1) is 13.7. The molecule has 1 unspecified atom stereocenters. The van der Waals surface area contributed by atoms with Crippen LogP contribution in [0.1, 0.15) is 0 Å². The lowest BCUT2D eigenvalue weighted by Crippen LogP contribution is -2.24. The van der Waals surface area contributed by atoms with Crippen molar-refractivity contribution in [2.45, 2.75) is 3.82 Å². The Bertz CT molecular complexity index is 987. The summed E-state index contributed by atoms with van der Waals surface area (Å²) >= 11 is 12.4. The summed E-state index contributed by atoms with van der Waals surface area (Å²) < 4.78 is 39.7. The van der Waals surface area contributed by atoms with Crippen molar-refractivity contribution in [1.82, 2.24) is 0 Å². The summed E-state index contributed by atoms with van der Waals surface area (Å²) in [5.74, 6) is 0.171. The third-order valence-corrected chi connectivity index (χ3v) is 10.3. The van der Waals surface area contributed by atoms with Gasteiger partial charge in [0.1, 0.15) is 17.2 Å². The zero-order valence-corrected chi connectivity index (χ0v) is 18.1. The molecule has 10 heteroatoms. The van der Waals surface area contributed by atoms with E-state index in [1.165, 1.54) is 36.4 Å². The van der Waals surface area contributed by atoms with Crippen LogP contribution >= 0.6 is 38.4 Å². The van der Waals surface area contributed by atoms with Crippen molar-refractivity contribution in [1.29, 1.82) is 0 Å². The summed E-state index contributed by atoms with van der Waals surface area (Å²) in [6.45, 7) is 0. The second-order valence-electron chi connectivity index (χ2n) is 5.74. The first-order valence-electron chi connectivity index (χ1n) is 8.28. The lowest BCUT2D eigenvalue weighted by Gasteiger charge is -2.31. The van der Waals surface area contributed by atoms with Gasteiger partial charge in [-0.25, -0.2) is 9.13 Å². The maximum Gasteiger partial charge on any atom is 0.480 e. The van der Waals surface area contributed by atoms with Crippen LogP contribution < -0.4 is 13.6 Å². The summed E-state index contributed by atoms with van der Waals surface area (Å²) in [5.41, 5.74) is 0. The number of hydrogen-bond acceptors (Lipinski definition) is 5. The fourth-order valence-electron chi connectivity index (χ4n) is 2.20. The highest BCUT2D eigenvalue weighted by molar-refractivity contribution is 7.80. The van der Waals surface area contributed by atoms with Gasteiger partial charge in [0.2, 0.25) is 0 Å². The fourth-order valence-corrected chi connectivity index (χ4v) is 6.00. The van der Waals surface area contributed by atoms with Crippen LogP contribution in [0.2, 0.25) is 0 Å². The van der Waals surface area contributed by atoms with Crippen LogP contribution in [0.15, 0.2) is 91.0 Å². The molecule has 1 N–H and O–H groups in total. The van der Waals surface area contributed by atoms with E-state index in [-0.39, 0.29) is 17.2 Å². The molecule has 152 valence electrons. The van der Waals surface area contributed by atoms with Crippen molar-refractivity contribution >= 4 is 38.4 Å². The third kappa shape index (κ3) is 4.98. The van der Waals surface area contributed by atoms with Gasteiger partial charge in [-0.2, -0.15) is 0 Å². The molecule has 6 nitrogen and oxygen atoms in total. The van der Waals surface area contributed by atoms with E-state index in [0.717, 1.165) is 0 Å². The third-order valence-electron chi connectivity index (χ3n) is 3.58. The van der Waals surface area contributed by atoms with Gasteiger partial charge >= 0.3 is 19.0 Å². The van der Waals surface area contributed by atoms with Gasteiger partial charge in [-0.05, 0) is 36.4 Å². The Morgan fingerprint density at radius 2 is 0.931 bits per heavy atom. The van der Waals surface area contributed by atoms with E-state index in [1.807, 2.05) is 0 Å². The average Bonchev–Trinajstić information content (AvgIpc) is 2.69. The summed E-state index contributed by atoms with van der Waals surface area (Å²) in [4.78, 5) is 10.5. The van der Waals surface area contributed by atoms with Crippen LogP contribution in [0.5, 0.6) is 17.2 Å². The number of para-hydroxylation sites is 3. The molecule has 0 amide bonds. The van der Waals surface area contributed by atoms with Crippen LogP contribution in [-0.4, -0.2) is 8.71 Å². The minimum atomic E-state index is -5.00. The Labute approximate surface area is 178 Å². The lowest BCUT2D eigenvalue weighted by molar-refractivity contribution is 0.356. The van der Waals surface area contributed by atoms with Crippen LogP contribution in [0.3, 0.4) is 0 Å². The molecule has 0 aliphatic heterocycles. The molecule has 3 rings (SSSR count). The van der Waals surface area contributed by atoms with E-state index < -0.39 is 19.0 Å². The highest BCUT2D eigenvalue weighted by Crippen LogP contribution is 2.78. The first-order valence-corrected chi connectivity index (χ1v) is 12.2. The van der Waals surface area contributed by atoms with Crippen LogP contribution in [0.4, 0.5) is 0 Å². The van der Waals surface area contributed by atoms with E-state index in [1.54, 1.807) is 54.6 Å². The number of alkyl halides is 2. The molecule has 29 heavy (non-hydrogen) atoms. The van der Waals surface area contributed by atoms with E-state index in [0.29, 0.717) is 0 Å². The van der Waals surface area contributed by atoms with E-state index in [4.69, 9.17) is 36.8 Å². The van der Waals surface area contributed by atoms with Crippen LogP contribution in [-0.2, 0) is 9.13 Å². The number of halogens is 2. The zero-order valence-electron chi connectivity index (χ0n) is 14.8. The van der Waals surface area contributed by atoms with Crippen molar-refractivity contribution in [3.05, 3.63) is 91.0 Å². The Hall–Kier alpha value is -1.94. The summed E-state index contributed by atoms with van der Waals surface area (Å²) in [5, 5.41) is 0. The number of benzene rings is 3. The topological polar surface area (TPSA) is 82.1 Å². The number of rotatable bonds is 8. The molecule has 1 atom stereocenters. The maximum atomic E-state index is 13.7. The Kier molecular flexibility index (Phi) is 6.62. The summed E-state index contributed by atoms with van der Waals surface area (Å²) in [6, 6.07) is 23.5. The second-order valence-corrected chi connectivity index (χ2v) is 12.4. The van der Waals surface area contributed by atoms with Gasteiger partial charge in [0.05, 0.1) is 0 Å². The van der Waals surface area contributed by atoms with E-state index in [9.17, 15) is 14.0 Å². The molecule has 0 aromatic heterocycles. The highest BCUT2D eigenvalue weighted by Gasteiger charge is 2.66. The first kappa shape index (κ1) is 21.8. The predicted octanol–water partition coefficient (Wildman–Crippen LogP) is 6.69. The molecule has 0 fully saturated rings. The Morgan fingerprint density at radius 3 is 1.28 bits per heavy atom. The molecular formula is C19H16Cl2O6P2. The molecule has 0 saturated carbocycles. The van der Waals surface area contributed by atoms with E-state index >= 15 is 0 Å². The van der Waals surface area contributed by atoms with Crippen LogP contribution in [0, 0.1) is 0 Å². The van der Waals surface area contributed by atoms with Crippen LogP contribution in [0.25, 0.3) is 0 Å². The standard InChI is InChI=1S/C19H16Cl2O6P2/c20-19(21,28(22,23)25-16-10-4-1-5-11-16)29(24,26-17-12-6-2-7-13-17)27-18-14-8-3-9-15-18/h1-15H,(H,22,23). The Balaban J connectivity index is 2.00. The number of hydrogen-bond donors (Lipinski definition) is 1. The second kappa shape index (κ2) is 8.83. The summed E-state index contributed by atoms with van der Waals surface area (Å²) in [7, 11) is -9.73. The largest absolute Gasteiger partial charge is 0.480 e. The van der Waals surface area contributed by atoms with Crippen molar-refractivity contribution < 1.29 is 27.6 Å². The predicted molar refractivity (Wildman–Crippen MR) is 113 cm³/mol. The Morgan fingerprint density at radius 1 is 0.621 bits per heavy atom. The minimum Gasteiger partial charge on any atom is -0.422 e. The van der Waals surface area contributed by atoms with Crippen molar-refractivity contribution in [3.8, 4) is 17.2 Å². The highest BCUT2D eigenvalue weighted by atomic mass is 35.5. The lowest BCUT2D eigenvalue weighted by atomic mass is 10.3. The molecule has 3 aromatic rings. The SMILES string of the molecule is O=P(O)(Oc1ccccc1)C(Cl)(Cl)P(=O)(Oc1ccccc1)Oc1ccccc1. The van der Waals surface area contributed by atoms with Gasteiger partial charge in [-0.3, -0.25) is 0 Å². The molecule has 0 bridgehead atoms. The van der Waals surface area contributed by atoms with Gasteiger partial charge in [0, 0.05) is 0 Å². The maximum absolute atomic E-state index is 13.7. The van der Waals surface area contributed by atoms with Gasteiger partial charge in [-0.1, -0.05) is 77.8 Å². The van der Waals surface area contributed by atoms with E-state index in [2.05, 4.69) is 0 Å².